The zero-order valence-corrected chi connectivity index (χ0v) is 8.88. The van der Waals surface area contributed by atoms with Crippen LogP contribution < -0.4 is 5.43 Å². The van der Waals surface area contributed by atoms with Gasteiger partial charge in [0.05, 0.1) is 0 Å². The molecule has 0 aliphatic heterocycles. The molecular weight excluding hydrogens is 198 g/mol. The molecule has 74 valence electrons. The zero-order valence-electron chi connectivity index (χ0n) is 8.06. The van der Waals surface area contributed by atoms with Gasteiger partial charge >= 0.3 is 0 Å². The summed E-state index contributed by atoms with van der Waals surface area (Å²) in [4.78, 5) is 24.6. The van der Waals surface area contributed by atoms with Gasteiger partial charge in [-0.3, -0.25) is 9.59 Å². The van der Waals surface area contributed by atoms with E-state index in [1.54, 1.807) is 32.3 Å². The van der Waals surface area contributed by atoms with Crippen LogP contribution in [0, 0.1) is 0 Å². The minimum Gasteiger partial charge on any atom is -0.339 e. The topological polar surface area (TPSA) is 37.4 Å². The van der Waals surface area contributed by atoms with Crippen molar-refractivity contribution in [1.29, 1.82) is 0 Å². The maximum Gasteiger partial charge on any atom is 0.285 e. The van der Waals surface area contributed by atoms with Gasteiger partial charge < -0.3 is 4.90 Å². The molecule has 0 spiro atoms. The molecule has 1 amide bonds. The van der Waals surface area contributed by atoms with E-state index in [0.717, 1.165) is 11.8 Å². The normalized spacial score (nSPS) is 9.57. The molecule has 0 aliphatic rings. The number of hydrogen-bond acceptors (Lipinski definition) is 3. The first-order chi connectivity index (χ1) is 6.59. The molecule has 0 N–H and O–H groups in total. The first-order valence-corrected chi connectivity index (χ1v) is 4.91. The van der Waals surface area contributed by atoms with Gasteiger partial charge in [-0.25, -0.2) is 0 Å². The quantitative estimate of drug-likeness (QED) is 0.662. The molecule has 3 nitrogen and oxygen atoms in total. The molecule has 0 saturated heterocycles. The lowest BCUT2D eigenvalue weighted by molar-refractivity contribution is 0.241. The number of thioether (sulfide) groups is 1. The molecule has 0 atom stereocenters. The molecule has 0 radical (unpaired) electrons. The van der Waals surface area contributed by atoms with Crippen molar-refractivity contribution in [2.24, 2.45) is 0 Å². The number of nitrogens with zero attached hydrogens (tertiary/aromatic N) is 1. The van der Waals surface area contributed by atoms with E-state index in [2.05, 4.69) is 0 Å². The molecule has 0 aromatic heterocycles. The predicted molar refractivity (Wildman–Crippen MR) is 57.7 cm³/mol. The van der Waals surface area contributed by atoms with Crippen LogP contribution in [0.15, 0.2) is 40.0 Å². The van der Waals surface area contributed by atoms with Crippen LogP contribution in [0.1, 0.15) is 0 Å². The van der Waals surface area contributed by atoms with Crippen LogP contribution in [0.2, 0.25) is 0 Å². The highest BCUT2D eigenvalue weighted by Crippen LogP contribution is 2.17. The zero-order chi connectivity index (χ0) is 10.6. The Kier molecular flexibility index (Phi) is 3.71. The number of rotatable bonds is 1. The van der Waals surface area contributed by atoms with Gasteiger partial charge in [0.1, 0.15) is 0 Å². The Hall–Kier alpha value is -1.29. The maximum absolute atomic E-state index is 11.3. The molecule has 1 aromatic carbocycles. The maximum atomic E-state index is 11.3. The van der Waals surface area contributed by atoms with Crippen molar-refractivity contribution in [1.82, 2.24) is 4.90 Å². The Balaban J connectivity index is 2.89. The van der Waals surface area contributed by atoms with Crippen molar-refractivity contribution in [3.05, 3.63) is 40.6 Å². The van der Waals surface area contributed by atoms with Gasteiger partial charge in [-0.15, -0.1) is 0 Å². The smallest absolute Gasteiger partial charge is 0.285 e. The van der Waals surface area contributed by atoms with Gasteiger partial charge in [-0.05, 0) is 30.0 Å². The monoisotopic (exact) mass is 209 g/mol. The Morgan fingerprint density at radius 1 is 1.29 bits per heavy atom. The number of hydrogen-bond donors (Lipinski definition) is 0. The van der Waals surface area contributed by atoms with Crippen LogP contribution in [0.25, 0.3) is 0 Å². The molecule has 0 unspecified atom stereocenters. The third-order valence-electron chi connectivity index (χ3n) is 1.49. The van der Waals surface area contributed by atoms with E-state index < -0.39 is 0 Å². The SMILES string of the molecule is CN(C)C(=O)Sc1ccccc(=O)c1. The summed E-state index contributed by atoms with van der Waals surface area (Å²) in [5, 5.41) is -0.0874. The Bertz CT molecular complexity index is 390. The van der Waals surface area contributed by atoms with Crippen molar-refractivity contribution in [3.63, 3.8) is 0 Å². The fraction of sp³-hybridized carbons (Fsp3) is 0.200. The average molecular weight is 209 g/mol. The summed E-state index contributed by atoms with van der Waals surface area (Å²) in [5.74, 6) is 0. The fourth-order valence-corrected chi connectivity index (χ4v) is 1.50. The molecule has 0 heterocycles. The molecule has 0 fully saturated rings. The van der Waals surface area contributed by atoms with Gasteiger partial charge in [0, 0.05) is 19.0 Å². The van der Waals surface area contributed by atoms with Crippen LogP contribution in [-0.2, 0) is 0 Å². The van der Waals surface area contributed by atoms with Crippen LogP contribution in [0.4, 0.5) is 4.79 Å². The summed E-state index contributed by atoms with van der Waals surface area (Å²) in [5.41, 5.74) is -0.0935. The molecule has 0 saturated carbocycles. The van der Waals surface area contributed by atoms with Crippen LogP contribution in [0.5, 0.6) is 0 Å². The summed E-state index contributed by atoms with van der Waals surface area (Å²) in [6.07, 6.45) is 0. The number of carbonyl (C=O) groups is 1. The molecule has 1 aromatic rings. The van der Waals surface area contributed by atoms with Crippen LogP contribution in [0.3, 0.4) is 0 Å². The third kappa shape index (κ3) is 3.22. The second-order valence-corrected chi connectivity index (χ2v) is 3.95. The Morgan fingerprint density at radius 3 is 2.57 bits per heavy atom. The first kappa shape index (κ1) is 10.8. The Morgan fingerprint density at radius 2 is 1.93 bits per heavy atom. The molecule has 0 aliphatic carbocycles. The number of carbonyl (C=O) groups excluding carboxylic acids is 1. The van der Waals surface area contributed by atoms with Crippen molar-refractivity contribution in [3.8, 4) is 0 Å². The third-order valence-corrected chi connectivity index (χ3v) is 2.52. The van der Waals surface area contributed by atoms with E-state index in [-0.39, 0.29) is 10.7 Å². The molecule has 14 heavy (non-hydrogen) atoms. The van der Waals surface area contributed by atoms with Crippen LogP contribution >= 0.6 is 11.8 Å². The van der Waals surface area contributed by atoms with Crippen molar-refractivity contribution >= 4 is 17.0 Å². The highest BCUT2D eigenvalue weighted by atomic mass is 32.2. The minimum atomic E-state index is -0.0935. The molecular formula is C10H11NO2S. The van der Waals surface area contributed by atoms with E-state index in [4.69, 9.17) is 0 Å². The summed E-state index contributed by atoms with van der Waals surface area (Å²) in [7, 11) is 3.35. The summed E-state index contributed by atoms with van der Waals surface area (Å²) in [6, 6.07) is 8.06. The average Bonchev–Trinajstić information content (AvgIpc) is 2.29. The van der Waals surface area contributed by atoms with E-state index in [1.165, 1.54) is 17.0 Å². The van der Waals surface area contributed by atoms with Crippen LogP contribution in [-0.4, -0.2) is 24.2 Å². The minimum absolute atomic E-state index is 0.0874. The summed E-state index contributed by atoms with van der Waals surface area (Å²) in [6.45, 7) is 0. The second-order valence-electron chi connectivity index (χ2n) is 2.93. The van der Waals surface area contributed by atoms with Gasteiger partial charge in [0.2, 0.25) is 0 Å². The Labute approximate surface area is 86.7 Å². The second kappa shape index (κ2) is 4.81. The van der Waals surface area contributed by atoms with Gasteiger partial charge in [-0.2, -0.15) is 0 Å². The predicted octanol–water partition coefficient (Wildman–Crippen LogP) is 1.82. The molecule has 1 rings (SSSR count). The lowest BCUT2D eigenvalue weighted by atomic mass is 10.5. The highest BCUT2D eigenvalue weighted by Gasteiger charge is 2.05. The highest BCUT2D eigenvalue weighted by molar-refractivity contribution is 8.13. The lowest BCUT2D eigenvalue weighted by Gasteiger charge is -2.07. The fourth-order valence-electron chi connectivity index (χ4n) is 0.793. The van der Waals surface area contributed by atoms with E-state index in [0.29, 0.717) is 4.90 Å². The lowest BCUT2D eigenvalue weighted by Crippen LogP contribution is -2.16. The van der Waals surface area contributed by atoms with Crippen molar-refractivity contribution in [2.75, 3.05) is 14.1 Å². The van der Waals surface area contributed by atoms with Gasteiger partial charge in [-0.1, -0.05) is 12.1 Å². The standard InChI is InChI=1S/C10H11NO2S/c1-11(2)10(13)14-9-6-4-3-5-8(12)7-9/h3-7H,1-2H3. The van der Waals surface area contributed by atoms with E-state index in [1.807, 2.05) is 0 Å². The van der Waals surface area contributed by atoms with Crippen molar-refractivity contribution < 1.29 is 4.79 Å². The molecule has 4 heteroatoms. The van der Waals surface area contributed by atoms with Crippen molar-refractivity contribution in [2.45, 2.75) is 4.90 Å². The number of amides is 1. The first-order valence-electron chi connectivity index (χ1n) is 4.09. The largest absolute Gasteiger partial charge is 0.339 e. The van der Waals surface area contributed by atoms with E-state index >= 15 is 0 Å². The van der Waals surface area contributed by atoms with Gasteiger partial charge in [0.25, 0.3) is 5.24 Å². The van der Waals surface area contributed by atoms with Gasteiger partial charge in [0.15, 0.2) is 5.43 Å². The van der Waals surface area contributed by atoms with E-state index in [9.17, 15) is 9.59 Å². The summed E-state index contributed by atoms with van der Waals surface area (Å²) < 4.78 is 0. The summed E-state index contributed by atoms with van der Waals surface area (Å²) >= 11 is 1.05. The molecule has 0 bridgehead atoms.